The van der Waals surface area contributed by atoms with Gasteiger partial charge >= 0.3 is 6.09 Å². The van der Waals surface area contributed by atoms with Crippen LogP contribution in [0.5, 0.6) is 0 Å². The molecule has 0 saturated carbocycles. The van der Waals surface area contributed by atoms with Crippen LogP contribution in [0.4, 0.5) is 4.79 Å². The highest BCUT2D eigenvalue weighted by Crippen LogP contribution is 2.23. The molecule has 4 amide bonds. The van der Waals surface area contributed by atoms with Gasteiger partial charge < -0.3 is 26.3 Å². The summed E-state index contributed by atoms with van der Waals surface area (Å²) in [5.41, 5.74) is 13.4. The molecular formula is C38H49N5O8S. The van der Waals surface area contributed by atoms with E-state index in [0.29, 0.717) is 52.4 Å². The zero-order valence-corrected chi connectivity index (χ0v) is 30.5. The number of aryl methyl sites for hydroxylation is 1. The van der Waals surface area contributed by atoms with Crippen LogP contribution in [0.1, 0.15) is 62.1 Å². The molecule has 0 saturated heterocycles. The van der Waals surface area contributed by atoms with Crippen LogP contribution in [-0.4, -0.2) is 78.9 Å². The fourth-order valence-corrected chi connectivity index (χ4v) is 7.22. The van der Waals surface area contributed by atoms with E-state index < -0.39 is 52.0 Å². The lowest BCUT2D eigenvalue weighted by molar-refractivity contribution is -0.140. The molecule has 0 aliphatic carbocycles. The Balaban J connectivity index is 2.07. The monoisotopic (exact) mass is 735 g/mol. The first-order chi connectivity index (χ1) is 24.9. The van der Waals surface area contributed by atoms with Crippen molar-refractivity contribution >= 4 is 40.1 Å². The van der Waals surface area contributed by atoms with Crippen LogP contribution in [0.3, 0.4) is 0 Å². The molecule has 0 spiro atoms. The maximum Gasteiger partial charge on any atom is 0.417 e. The van der Waals surface area contributed by atoms with Gasteiger partial charge in [-0.3, -0.25) is 14.4 Å². The summed E-state index contributed by atoms with van der Waals surface area (Å²) in [5.74, 6) is -2.80. The molecule has 0 heterocycles. The molecule has 0 aromatic heterocycles. The third kappa shape index (κ3) is 11.8. The van der Waals surface area contributed by atoms with Crippen LogP contribution < -0.4 is 16.8 Å². The fourth-order valence-electron chi connectivity index (χ4n) is 5.64. The minimum Gasteiger partial charge on any atom is -0.444 e. The lowest BCUT2D eigenvalue weighted by Gasteiger charge is -2.33. The summed E-state index contributed by atoms with van der Waals surface area (Å²) in [5, 5.41) is 2.65. The number of nitrogens with zero attached hydrogens (tertiary/aromatic N) is 2. The van der Waals surface area contributed by atoms with E-state index in [1.165, 1.54) is 12.1 Å². The summed E-state index contributed by atoms with van der Waals surface area (Å²) in [6, 6.07) is 18.9. The van der Waals surface area contributed by atoms with E-state index in [9.17, 15) is 32.4 Å². The number of amides is 4. The Bertz CT molecular complexity index is 1720. The quantitative estimate of drug-likeness (QED) is 0.114. The van der Waals surface area contributed by atoms with Crippen LogP contribution in [0.25, 0.3) is 0 Å². The molecule has 52 heavy (non-hydrogen) atoms. The van der Waals surface area contributed by atoms with Crippen LogP contribution in [-0.2, 0) is 47.0 Å². The lowest BCUT2D eigenvalue weighted by Crippen LogP contribution is -2.59. The number of rotatable bonds is 20. The maximum absolute atomic E-state index is 14.5. The summed E-state index contributed by atoms with van der Waals surface area (Å²) >= 11 is 0. The molecule has 3 atom stereocenters. The standard InChI is InChI=1S/C38H49N5O8S/c1-28-19-21-33(22-20-28)52(49,50)43(29(2)45)35(18-10-12-24-40)36(46)41-34(25-30-13-5-3-6-14-30)37(47)42(32(26-44)17-9-11-23-39)38(48)51-27-31-15-7-4-8-16-31/h3-8,13-16,19-22,26,32,34-35H,9-12,17-18,23-25,27,39-40H2,1-2H3,(H,41,46)/t32-,34-,35+/m0/s1. The van der Waals surface area contributed by atoms with Crippen molar-refractivity contribution in [2.45, 2.75) is 88.4 Å². The molecule has 3 rings (SSSR count). The fraction of sp³-hybridized carbons (Fsp3) is 0.395. The Morgan fingerprint density at radius 3 is 1.90 bits per heavy atom. The second-order valence-corrected chi connectivity index (χ2v) is 14.2. The number of nitrogens with two attached hydrogens (primary N) is 2. The van der Waals surface area contributed by atoms with Crippen molar-refractivity contribution in [1.82, 2.24) is 14.5 Å². The van der Waals surface area contributed by atoms with Gasteiger partial charge in [-0.15, -0.1) is 0 Å². The van der Waals surface area contributed by atoms with E-state index in [4.69, 9.17) is 16.2 Å². The van der Waals surface area contributed by atoms with E-state index in [2.05, 4.69) is 5.32 Å². The van der Waals surface area contributed by atoms with E-state index in [1.807, 2.05) is 0 Å². The molecule has 3 aromatic carbocycles. The van der Waals surface area contributed by atoms with E-state index >= 15 is 0 Å². The average molecular weight is 736 g/mol. The van der Waals surface area contributed by atoms with Gasteiger partial charge in [0.1, 0.15) is 25.0 Å². The molecule has 0 bridgehead atoms. The molecule has 3 aromatic rings. The molecule has 0 fully saturated rings. The number of benzene rings is 3. The van der Waals surface area contributed by atoms with Gasteiger partial charge in [0, 0.05) is 13.3 Å². The SMILES string of the molecule is CC(=O)N([C@H](CCCCN)C(=O)N[C@@H](Cc1ccccc1)C(=O)N(C(=O)OCc1ccccc1)[C@H](C=O)CCCCN)S(=O)(=O)c1ccc(C)cc1. The van der Waals surface area contributed by atoms with Crippen molar-refractivity contribution < 1.29 is 37.1 Å². The molecule has 0 radical (unpaired) electrons. The van der Waals surface area contributed by atoms with Crippen molar-refractivity contribution in [3.05, 3.63) is 102 Å². The first-order valence-electron chi connectivity index (χ1n) is 17.3. The van der Waals surface area contributed by atoms with Crippen molar-refractivity contribution in [2.75, 3.05) is 13.1 Å². The lowest BCUT2D eigenvalue weighted by atomic mass is 10.0. The Hall–Kier alpha value is -4.92. The zero-order chi connectivity index (χ0) is 38.1. The van der Waals surface area contributed by atoms with Crippen LogP contribution in [0.15, 0.2) is 89.8 Å². The Labute approximate surface area is 305 Å². The summed E-state index contributed by atoms with van der Waals surface area (Å²) in [6.07, 6.45) is 0.881. The van der Waals surface area contributed by atoms with E-state index in [-0.39, 0.29) is 43.7 Å². The average Bonchev–Trinajstić information content (AvgIpc) is 3.13. The molecule has 0 aliphatic rings. The molecule has 13 nitrogen and oxygen atoms in total. The largest absolute Gasteiger partial charge is 0.444 e. The summed E-state index contributed by atoms with van der Waals surface area (Å²) in [4.78, 5) is 68.6. The molecule has 5 N–H and O–H groups in total. The van der Waals surface area contributed by atoms with Gasteiger partial charge in [-0.2, -0.15) is 0 Å². The van der Waals surface area contributed by atoms with E-state index in [0.717, 1.165) is 12.5 Å². The number of carbonyl (C=O) groups excluding carboxylic acids is 5. The van der Waals surface area contributed by atoms with Crippen molar-refractivity contribution in [3.63, 3.8) is 0 Å². The number of nitrogens with one attached hydrogen (secondary N) is 1. The topological polar surface area (TPSA) is 199 Å². The third-order valence-electron chi connectivity index (χ3n) is 8.38. The molecule has 0 unspecified atom stereocenters. The number of imide groups is 1. The number of ether oxygens (including phenoxy) is 1. The molecule has 280 valence electrons. The molecule has 14 heteroatoms. The van der Waals surface area contributed by atoms with Crippen LogP contribution >= 0.6 is 0 Å². The highest BCUT2D eigenvalue weighted by atomic mass is 32.2. The number of hydrogen-bond acceptors (Lipinski definition) is 10. The normalized spacial score (nSPS) is 12.9. The Morgan fingerprint density at radius 1 is 0.808 bits per heavy atom. The van der Waals surface area contributed by atoms with Crippen molar-refractivity contribution in [2.24, 2.45) is 11.5 Å². The predicted molar refractivity (Wildman–Crippen MR) is 196 cm³/mol. The van der Waals surface area contributed by atoms with Gasteiger partial charge in [-0.05, 0) is 81.8 Å². The predicted octanol–water partition coefficient (Wildman–Crippen LogP) is 3.62. The summed E-state index contributed by atoms with van der Waals surface area (Å²) in [6.45, 7) is 3.21. The molecule has 0 aliphatic heterocycles. The van der Waals surface area contributed by atoms with Gasteiger partial charge in [0.2, 0.25) is 11.8 Å². The Kier molecular flexibility index (Phi) is 16.6. The highest BCUT2D eigenvalue weighted by molar-refractivity contribution is 7.89. The van der Waals surface area contributed by atoms with Crippen LogP contribution in [0.2, 0.25) is 0 Å². The number of carbonyl (C=O) groups is 5. The second kappa shape index (κ2) is 20.8. The van der Waals surface area contributed by atoms with Gasteiger partial charge in [0.25, 0.3) is 15.9 Å². The first-order valence-corrected chi connectivity index (χ1v) is 18.7. The Morgan fingerprint density at radius 2 is 1.37 bits per heavy atom. The minimum atomic E-state index is -4.54. The summed E-state index contributed by atoms with van der Waals surface area (Å²) < 4.78 is 33.9. The number of hydrogen-bond donors (Lipinski definition) is 3. The van der Waals surface area contributed by atoms with Crippen molar-refractivity contribution in [3.8, 4) is 0 Å². The van der Waals surface area contributed by atoms with Crippen molar-refractivity contribution in [1.29, 1.82) is 0 Å². The number of unbranched alkanes of at least 4 members (excludes halogenated alkanes) is 2. The van der Waals surface area contributed by atoms with E-state index in [1.54, 1.807) is 79.7 Å². The van der Waals surface area contributed by atoms with Gasteiger partial charge in [-0.1, -0.05) is 78.4 Å². The summed E-state index contributed by atoms with van der Waals surface area (Å²) in [7, 11) is -4.54. The number of sulfonamides is 1. The first kappa shape index (κ1) is 41.5. The number of aldehydes is 1. The third-order valence-corrected chi connectivity index (χ3v) is 10.3. The second-order valence-electron chi connectivity index (χ2n) is 12.4. The van der Waals surface area contributed by atoms with Gasteiger partial charge in [-0.25, -0.2) is 22.4 Å². The minimum absolute atomic E-state index is 0.0908. The zero-order valence-electron chi connectivity index (χ0n) is 29.7. The maximum atomic E-state index is 14.5. The smallest absolute Gasteiger partial charge is 0.417 e. The highest BCUT2D eigenvalue weighted by Gasteiger charge is 2.41. The van der Waals surface area contributed by atoms with Gasteiger partial charge in [0.05, 0.1) is 10.9 Å². The molecular weight excluding hydrogens is 687 g/mol. The van der Waals surface area contributed by atoms with Gasteiger partial charge in [0.15, 0.2) is 0 Å². The van der Waals surface area contributed by atoms with Crippen LogP contribution in [0, 0.1) is 6.92 Å².